The number of rotatable bonds is 6. The maximum absolute atomic E-state index is 12.4. The van der Waals surface area contributed by atoms with E-state index in [9.17, 15) is 14.4 Å². The monoisotopic (exact) mass is 339 g/mol. The first-order valence-corrected chi connectivity index (χ1v) is 8.42. The maximum Gasteiger partial charge on any atom is 0.267 e. The zero-order chi connectivity index (χ0) is 17.8. The molecule has 6 heteroatoms. The Labute approximate surface area is 146 Å². The second kappa shape index (κ2) is 7.34. The molecule has 130 valence electrons. The van der Waals surface area contributed by atoms with Crippen LogP contribution in [0.25, 0.3) is 0 Å². The van der Waals surface area contributed by atoms with E-state index < -0.39 is 0 Å². The predicted octanol–water partition coefficient (Wildman–Crippen LogP) is 2.32. The van der Waals surface area contributed by atoms with Gasteiger partial charge in [0.1, 0.15) is 5.69 Å². The summed E-state index contributed by atoms with van der Waals surface area (Å²) in [5.74, 6) is -0.281. The highest BCUT2D eigenvalue weighted by Crippen LogP contribution is 2.27. The number of carbonyl (C=O) groups excluding carboxylic acids is 3. The number of benzene rings is 1. The first-order valence-electron chi connectivity index (χ1n) is 8.42. The molecule has 2 heterocycles. The van der Waals surface area contributed by atoms with Gasteiger partial charge in [0.05, 0.1) is 0 Å². The number of nitrogens with one attached hydrogen (secondary N) is 2. The number of H-pyrrole nitrogens is 1. The van der Waals surface area contributed by atoms with E-state index in [1.54, 1.807) is 0 Å². The minimum absolute atomic E-state index is 0.0814. The third-order valence-electron chi connectivity index (χ3n) is 4.38. The number of anilines is 1. The van der Waals surface area contributed by atoms with Gasteiger partial charge < -0.3 is 15.2 Å². The molecule has 25 heavy (non-hydrogen) atoms. The first-order chi connectivity index (χ1) is 12.1. The fourth-order valence-electron chi connectivity index (χ4n) is 3.00. The van der Waals surface area contributed by atoms with Crippen LogP contribution in [0.1, 0.15) is 46.2 Å². The Bertz CT molecular complexity index is 810. The number of hydrogen-bond donors (Lipinski definition) is 2. The van der Waals surface area contributed by atoms with Gasteiger partial charge in [0.15, 0.2) is 5.78 Å². The molecule has 0 saturated heterocycles. The number of para-hydroxylation sites is 1. The number of carbonyl (C=O) groups is 3. The zero-order valence-corrected chi connectivity index (χ0v) is 14.2. The lowest BCUT2D eigenvalue weighted by Crippen LogP contribution is -2.30. The quantitative estimate of drug-likeness (QED) is 0.626. The van der Waals surface area contributed by atoms with E-state index in [0.29, 0.717) is 30.6 Å². The molecule has 6 nitrogen and oxygen atoms in total. The van der Waals surface area contributed by atoms with Crippen molar-refractivity contribution in [3.8, 4) is 0 Å². The van der Waals surface area contributed by atoms with Crippen LogP contribution in [0.2, 0.25) is 0 Å². The number of ketones is 1. The maximum atomic E-state index is 12.4. The van der Waals surface area contributed by atoms with Crippen LogP contribution in [0.5, 0.6) is 0 Å². The molecule has 1 aromatic heterocycles. The molecular formula is C19H21N3O3. The van der Waals surface area contributed by atoms with Crippen molar-refractivity contribution in [3.63, 3.8) is 0 Å². The summed E-state index contributed by atoms with van der Waals surface area (Å²) in [6.07, 6.45) is 3.37. The van der Waals surface area contributed by atoms with E-state index in [1.165, 1.54) is 24.8 Å². The van der Waals surface area contributed by atoms with Crippen molar-refractivity contribution in [2.24, 2.45) is 0 Å². The molecule has 0 bridgehead atoms. The summed E-state index contributed by atoms with van der Waals surface area (Å²) in [5.41, 5.74) is 3.04. The largest absolute Gasteiger partial charge is 0.356 e. The van der Waals surface area contributed by atoms with Gasteiger partial charge in [-0.1, -0.05) is 18.2 Å². The van der Waals surface area contributed by atoms with Crippen LogP contribution in [0.15, 0.2) is 36.5 Å². The van der Waals surface area contributed by atoms with E-state index in [4.69, 9.17) is 0 Å². The molecular weight excluding hydrogens is 318 g/mol. The van der Waals surface area contributed by atoms with Gasteiger partial charge in [-0.25, -0.2) is 0 Å². The summed E-state index contributed by atoms with van der Waals surface area (Å²) >= 11 is 0. The Kier molecular flexibility index (Phi) is 4.97. The summed E-state index contributed by atoms with van der Waals surface area (Å²) in [6, 6.07) is 9.48. The van der Waals surface area contributed by atoms with E-state index in [-0.39, 0.29) is 17.6 Å². The highest BCUT2D eigenvalue weighted by Gasteiger charge is 2.23. The van der Waals surface area contributed by atoms with Gasteiger partial charge in [-0.15, -0.1) is 0 Å². The van der Waals surface area contributed by atoms with Gasteiger partial charge in [0, 0.05) is 37.0 Å². The number of aromatic amines is 1. The van der Waals surface area contributed by atoms with Crippen molar-refractivity contribution in [1.82, 2.24) is 10.3 Å². The molecule has 0 fully saturated rings. The third kappa shape index (κ3) is 3.79. The number of nitrogens with zero attached hydrogens (tertiary/aromatic N) is 1. The van der Waals surface area contributed by atoms with Gasteiger partial charge in [-0.2, -0.15) is 0 Å². The Morgan fingerprint density at radius 3 is 2.80 bits per heavy atom. The van der Waals surface area contributed by atoms with Crippen LogP contribution in [-0.4, -0.2) is 35.7 Å². The lowest BCUT2D eigenvalue weighted by Gasteiger charge is -2.17. The van der Waals surface area contributed by atoms with Crippen molar-refractivity contribution < 1.29 is 14.4 Å². The lowest BCUT2D eigenvalue weighted by atomic mass is 10.2. The minimum Gasteiger partial charge on any atom is -0.356 e. The molecule has 1 aromatic carbocycles. The number of amides is 2. The van der Waals surface area contributed by atoms with Crippen LogP contribution >= 0.6 is 0 Å². The summed E-state index contributed by atoms with van der Waals surface area (Å²) in [7, 11) is 0. The fraction of sp³-hybridized carbons (Fsp3) is 0.316. The number of Topliss-reactive ketones (excluding diaryl/α,β-unsaturated/α-hetero) is 1. The topological polar surface area (TPSA) is 82.3 Å². The van der Waals surface area contributed by atoms with Crippen molar-refractivity contribution >= 4 is 23.3 Å². The Hall–Kier alpha value is -2.89. The molecule has 1 aliphatic rings. The Balaban J connectivity index is 1.45. The van der Waals surface area contributed by atoms with Crippen LogP contribution < -0.4 is 10.2 Å². The lowest BCUT2D eigenvalue weighted by molar-refractivity contribution is -0.118. The zero-order valence-electron chi connectivity index (χ0n) is 14.2. The summed E-state index contributed by atoms with van der Waals surface area (Å²) in [6.45, 7) is 2.59. The Morgan fingerprint density at radius 1 is 1.24 bits per heavy atom. The molecule has 0 spiro atoms. The normalized spacial score (nSPS) is 12.8. The smallest absolute Gasteiger partial charge is 0.267 e. The standard InChI is InChI=1S/C19H21N3O3/c1-13(23)15-11-16(21-12-15)19(25)20-9-4-7-18(24)22-10-8-14-5-2-3-6-17(14)22/h2-3,5-6,11-12,21H,4,7-10H2,1H3,(H,20,25). The second-order valence-electron chi connectivity index (χ2n) is 6.14. The van der Waals surface area contributed by atoms with Gasteiger partial charge in [0.2, 0.25) is 5.91 Å². The molecule has 2 aromatic rings. The first kappa shape index (κ1) is 17.0. The molecule has 0 atom stereocenters. The highest BCUT2D eigenvalue weighted by molar-refractivity contribution is 5.99. The van der Waals surface area contributed by atoms with Crippen LogP contribution in [0, 0.1) is 0 Å². The van der Waals surface area contributed by atoms with E-state index in [1.807, 2.05) is 23.1 Å². The van der Waals surface area contributed by atoms with Gasteiger partial charge in [-0.3, -0.25) is 14.4 Å². The van der Waals surface area contributed by atoms with Crippen molar-refractivity contribution in [2.75, 3.05) is 18.0 Å². The van der Waals surface area contributed by atoms with Gasteiger partial charge in [0.25, 0.3) is 5.91 Å². The molecule has 2 amide bonds. The summed E-state index contributed by atoms with van der Waals surface area (Å²) < 4.78 is 0. The number of fused-ring (bicyclic) bond motifs is 1. The molecule has 0 aliphatic carbocycles. The molecule has 3 rings (SSSR count). The van der Waals surface area contributed by atoms with Crippen molar-refractivity contribution in [2.45, 2.75) is 26.2 Å². The Morgan fingerprint density at radius 2 is 2.04 bits per heavy atom. The van der Waals surface area contributed by atoms with E-state index in [0.717, 1.165) is 18.7 Å². The number of hydrogen-bond acceptors (Lipinski definition) is 3. The van der Waals surface area contributed by atoms with Gasteiger partial charge in [-0.05, 0) is 37.5 Å². The van der Waals surface area contributed by atoms with Crippen LogP contribution in [0.4, 0.5) is 5.69 Å². The highest BCUT2D eigenvalue weighted by atomic mass is 16.2. The molecule has 2 N–H and O–H groups in total. The van der Waals surface area contributed by atoms with Crippen LogP contribution in [-0.2, 0) is 11.2 Å². The summed E-state index contributed by atoms with van der Waals surface area (Å²) in [5, 5.41) is 2.76. The number of aromatic nitrogens is 1. The SMILES string of the molecule is CC(=O)c1c[nH]c(C(=O)NCCCC(=O)N2CCc3ccccc32)c1. The van der Waals surface area contributed by atoms with Gasteiger partial charge >= 0.3 is 0 Å². The van der Waals surface area contributed by atoms with Crippen molar-refractivity contribution in [3.05, 3.63) is 53.3 Å². The fourth-order valence-corrected chi connectivity index (χ4v) is 3.00. The summed E-state index contributed by atoms with van der Waals surface area (Å²) in [4.78, 5) is 40.2. The second-order valence-corrected chi connectivity index (χ2v) is 6.14. The molecule has 1 aliphatic heterocycles. The average Bonchev–Trinajstić information content (AvgIpc) is 3.25. The van der Waals surface area contributed by atoms with E-state index >= 15 is 0 Å². The molecule has 0 unspecified atom stereocenters. The average molecular weight is 339 g/mol. The molecule has 0 saturated carbocycles. The van der Waals surface area contributed by atoms with Crippen molar-refractivity contribution in [1.29, 1.82) is 0 Å². The molecule has 0 radical (unpaired) electrons. The predicted molar refractivity (Wildman–Crippen MR) is 94.9 cm³/mol. The third-order valence-corrected chi connectivity index (χ3v) is 4.38. The van der Waals surface area contributed by atoms with Crippen LogP contribution in [0.3, 0.4) is 0 Å². The van der Waals surface area contributed by atoms with E-state index in [2.05, 4.69) is 16.4 Å². The minimum atomic E-state index is -0.272.